The number of hydrogen-bond donors (Lipinski definition) is 0. The fraction of sp³-hybridized carbons (Fsp3) is 0.0741. The summed E-state index contributed by atoms with van der Waals surface area (Å²) in [7, 11) is 4.22. The second-order valence-corrected chi connectivity index (χ2v) is 7.42. The lowest BCUT2D eigenvalue weighted by atomic mass is 10.0. The molecule has 146 valence electrons. The molecule has 0 bridgehead atoms. The Labute approximate surface area is 176 Å². The Bertz CT molecular complexity index is 1350. The molecule has 3 aromatic rings. The van der Waals surface area contributed by atoms with Crippen molar-refractivity contribution in [3.8, 4) is 11.3 Å². The summed E-state index contributed by atoms with van der Waals surface area (Å²) in [5, 5.41) is 2.20. The van der Waals surface area contributed by atoms with Crippen LogP contribution in [0.1, 0.15) is 0 Å². The van der Waals surface area contributed by atoms with Gasteiger partial charge in [-0.1, -0.05) is 54.6 Å². The normalized spacial score (nSPS) is 12.2. The van der Waals surface area contributed by atoms with Crippen LogP contribution in [0.4, 0.5) is 17.1 Å². The minimum Gasteiger partial charge on any atom is -0.456 e. The molecular formula is C27H23N2O+. The fourth-order valence-corrected chi connectivity index (χ4v) is 3.97. The monoisotopic (exact) mass is 391 g/mol. The van der Waals surface area contributed by atoms with E-state index in [0.717, 1.165) is 44.7 Å². The van der Waals surface area contributed by atoms with Gasteiger partial charge >= 0.3 is 0 Å². The quantitative estimate of drug-likeness (QED) is 0.276. The second kappa shape index (κ2) is 7.53. The standard InChI is InChI=1S/C27H23N2O/c1-28(21-12-5-3-6-13-21)24-17-18-26-23(19-20-11-9-10-16-25(20)30-26)27(24)29(2)22-14-7-4-8-15-22/h3-19H,1-2H3/q+1. The zero-order valence-electron chi connectivity index (χ0n) is 17.1. The summed E-state index contributed by atoms with van der Waals surface area (Å²) in [6.45, 7) is 0. The Morgan fingerprint density at radius 3 is 2.17 bits per heavy atom. The second-order valence-electron chi connectivity index (χ2n) is 7.42. The predicted molar refractivity (Wildman–Crippen MR) is 125 cm³/mol. The maximum Gasteiger partial charge on any atom is 0.240 e. The largest absolute Gasteiger partial charge is 0.456 e. The van der Waals surface area contributed by atoms with Crippen molar-refractivity contribution < 1.29 is 4.42 Å². The van der Waals surface area contributed by atoms with E-state index in [9.17, 15) is 0 Å². The van der Waals surface area contributed by atoms with Gasteiger partial charge in [0.1, 0.15) is 24.1 Å². The maximum atomic E-state index is 6.27. The number of para-hydroxylation sites is 3. The molecule has 5 rings (SSSR count). The van der Waals surface area contributed by atoms with Gasteiger partial charge in [0.25, 0.3) is 0 Å². The molecule has 0 unspecified atom stereocenters. The van der Waals surface area contributed by atoms with Crippen molar-refractivity contribution in [2.75, 3.05) is 19.0 Å². The lowest BCUT2D eigenvalue weighted by molar-refractivity contribution is 0.617. The van der Waals surface area contributed by atoms with Crippen LogP contribution in [0, 0.1) is 0 Å². The first-order valence-corrected chi connectivity index (χ1v) is 10.1. The summed E-state index contributed by atoms with van der Waals surface area (Å²) < 4.78 is 8.51. The molecule has 3 aromatic carbocycles. The van der Waals surface area contributed by atoms with Crippen LogP contribution in [0.3, 0.4) is 0 Å². The third-order valence-corrected chi connectivity index (χ3v) is 5.58. The van der Waals surface area contributed by atoms with Crippen molar-refractivity contribution in [1.82, 2.24) is 4.58 Å². The van der Waals surface area contributed by atoms with E-state index in [1.165, 1.54) is 0 Å². The average Bonchev–Trinajstić information content (AvgIpc) is 2.82. The van der Waals surface area contributed by atoms with Gasteiger partial charge in [-0.3, -0.25) is 0 Å². The molecule has 0 atom stereocenters. The van der Waals surface area contributed by atoms with E-state index in [4.69, 9.17) is 4.42 Å². The van der Waals surface area contributed by atoms with Crippen molar-refractivity contribution >= 4 is 28.0 Å². The molecule has 0 saturated carbocycles. The summed E-state index contributed by atoms with van der Waals surface area (Å²) in [6.07, 6.45) is 0. The first kappa shape index (κ1) is 18.2. The molecule has 0 fully saturated rings. The van der Waals surface area contributed by atoms with Crippen molar-refractivity contribution in [2.45, 2.75) is 0 Å². The SMILES string of the molecule is CN(c1ccccc1)c1ccc2oc3ccccc3cc-2c1=[N+](C)c1ccccc1. The molecule has 3 heteroatoms. The van der Waals surface area contributed by atoms with E-state index in [1.807, 2.05) is 30.3 Å². The molecule has 30 heavy (non-hydrogen) atoms. The zero-order chi connectivity index (χ0) is 20.5. The first-order valence-electron chi connectivity index (χ1n) is 10.1. The van der Waals surface area contributed by atoms with Crippen LogP contribution in [-0.4, -0.2) is 14.1 Å². The van der Waals surface area contributed by atoms with Crippen LogP contribution in [-0.2, 0) is 0 Å². The highest BCUT2D eigenvalue weighted by atomic mass is 16.3. The van der Waals surface area contributed by atoms with Crippen LogP contribution < -0.4 is 14.8 Å². The van der Waals surface area contributed by atoms with E-state index < -0.39 is 0 Å². The van der Waals surface area contributed by atoms with Crippen molar-refractivity contribution in [2.24, 2.45) is 0 Å². The smallest absolute Gasteiger partial charge is 0.240 e. The van der Waals surface area contributed by atoms with E-state index in [-0.39, 0.29) is 0 Å². The average molecular weight is 391 g/mol. The summed E-state index contributed by atoms with van der Waals surface area (Å²) in [5.41, 5.74) is 5.35. The molecule has 0 N–H and O–H groups in total. The fourth-order valence-electron chi connectivity index (χ4n) is 3.97. The highest BCUT2D eigenvalue weighted by Gasteiger charge is 2.22. The Hall–Kier alpha value is -3.85. The lowest BCUT2D eigenvalue weighted by Gasteiger charge is -2.20. The summed E-state index contributed by atoms with van der Waals surface area (Å²) in [5.74, 6) is 0.872. The van der Waals surface area contributed by atoms with Gasteiger partial charge < -0.3 is 9.32 Å². The Morgan fingerprint density at radius 2 is 1.40 bits per heavy atom. The molecular weight excluding hydrogens is 368 g/mol. The van der Waals surface area contributed by atoms with Crippen molar-refractivity contribution in [3.63, 3.8) is 0 Å². The van der Waals surface area contributed by atoms with Gasteiger partial charge in [-0.25, -0.2) is 0 Å². The minimum atomic E-state index is 0.872. The van der Waals surface area contributed by atoms with E-state index in [2.05, 4.69) is 96.4 Å². The highest BCUT2D eigenvalue weighted by Crippen LogP contribution is 2.30. The highest BCUT2D eigenvalue weighted by molar-refractivity contribution is 5.84. The number of hydrogen-bond acceptors (Lipinski definition) is 2. The topological polar surface area (TPSA) is 19.4 Å². The van der Waals surface area contributed by atoms with Crippen LogP contribution in [0.25, 0.3) is 22.3 Å². The molecule has 1 heterocycles. The van der Waals surface area contributed by atoms with Gasteiger partial charge in [0.2, 0.25) is 11.0 Å². The van der Waals surface area contributed by atoms with E-state index >= 15 is 0 Å². The number of benzene rings is 4. The molecule has 0 spiro atoms. The number of nitrogens with zero attached hydrogens (tertiary/aromatic N) is 2. The molecule has 2 aliphatic rings. The molecule has 3 nitrogen and oxygen atoms in total. The van der Waals surface area contributed by atoms with Gasteiger partial charge in [-0.2, -0.15) is 4.58 Å². The van der Waals surface area contributed by atoms with Gasteiger partial charge in [-0.15, -0.1) is 0 Å². The predicted octanol–water partition coefficient (Wildman–Crippen LogP) is 6.04. The number of anilines is 2. The van der Waals surface area contributed by atoms with Crippen LogP contribution >= 0.6 is 0 Å². The van der Waals surface area contributed by atoms with Crippen LogP contribution in [0.15, 0.2) is 108 Å². The molecule has 1 aliphatic heterocycles. The molecule has 1 aliphatic carbocycles. The summed E-state index contributed by atoms with van der Waals surface area (Å²) >= 11 is 0. The van der Waals surface area contributed by atoms with E-state index in [0.29, 0.717) is 0 Å². The molecule has 0 aromatic heterocycles. The Balaban J connectivity index is 1.88. The lowest BCUT2D eigenvalue weighted by Crippen LogP contribution is -2.30. The zero-order valence-corrected chi connectivity index (χ0v) is 17.1. The van der Waals surface area contributed by atoms with Gasteiger partial charge in [0.05, 0.1) is 5.56 Å². The van der Waals surface area contributed by atoms with Gasteiger partial charge in [0.15, 0.2) is 0 Å². The molecule has 0 amide bonds. The summed E-state index contributed by atoms with van der Waals surface area (Å²) in [4.78, 5) is 2.23. The van der Waals surface area contributed by atoms with Crippen LogP contribution in [0.5, 0.6) is 0 Å². The first-order chi connectivity index (χ1) is 14.7. The minimum absolute atomic E-state index is 0.872. The molecule has 0 radical (unpaired) electrons. The summed E-state index contributed by atoms with van der Waals surface area (Å²) in [6, 6.07) is 35.5. The maximum absolute atomic E-state index is 6.27. The molecule has 0 saturated heterocycles. The Morgan fingerprint density at radius 1 is 0.733 bits per heavy atom. The Kier molecular flexibility index (Phi) is 4.56. The van der Waals surface area contributed by atoms with Crippen LogP contribution in [0.2, 0.25) is 0 Å². The van der Waals surface area contributed by atoms with Gasteiger partial charge in [0, 0.05) is 30.3 Å². The number of fused-ring (bicyclic) bond motifs is 2. The van der Waals surface area contributed by atoms with Gasteiger partial charge in [-0.05, 0) is 36.4 Å². The third kappa shape index (κ3) is 3.15. The number of rotatable bonds is 3. The third-order valence-electron chi connectivity index (χ3n) is 5.58. The van der Waals surface area contributed by atoms with Crippen molar-refractivity contribution in [3.05, 3.63) is 108 Å². The van der Waals surface area contributed by atoms with Crippen molar-refractivity contribution in [1.29, 1.82) is 0 Å². The van der Waals surface area contributed by atoms with E-state index in [1.54, 1.807) is 0 Å².